The number of hydrogen-bond donors (Lipinski definition) is 1. The maximum atomic E-state index is 11.6. The quantitative estimate of drug-likeness (QED) is 0.849. The molecule has 116 valence electrons. The van der Waals surface area contributed by atoms with E-state index in [1.807, 2.05) is 18.2 Å². The van der Waals surface area contributed by atoms with Crippen LogP contribution in [-0.2, 0) is 16.4 Å². The minimum Gasteiger partial charge on any atom is -0.390 e. The molecule has 0 aliphatic carbocycles. The minimum atomic E-state index is -3.06. The van der Waals surface area contributed by atoms with Crippen LogP contribution in [0.15, 0.2) is 30.3 Å². The van der Waals surface area contributed by atoms with Crippen LogP contribution in [0.25, 0.3) is 0 Å². The molecule has 3 rings (SSSR count). The average molecular weight is 310 g/mol. The number of piperazine rings is 1. The van der Waals surface area contributed by atoms with Crippen molar-refractivity contribution in [2.45, 2.75) is 18.7 Å². The summed E-state index contributed by atoms with van der Waals surface area (Å²) < 4.78 is 23.2. The predicted octanol–water partition coefficient (Wildman–Crippen LogP) is -0.0379. The summed E-state index contributed by atoms with van der Waals surface area (Å²) in [6.07, 6.45) is -0.726. The van der Waals surface area contributed by atoms with Crippen molar-refractivity contribution in [3.8, 4) is 0 Å². The Balaban J connectivity index is 1.54. The van der Waals surface area contributed by atoms with Gasteiger partial charge < -0.3 is 5.11 Å². The highest BCUT2D eigenvalue weighted by atomic mass is 32.2. The van der Waals surface area contributed by atoms with E-state index >= 15 is 0 Å². The molecule has 0 aromatic heterocycles. The normalized spacial score (nSPS) is 30.5. The van der Waals surface area contributed by atoms with Crippen LogP contribution in [0.3, 0.4) is 0 Å². The summed E-state index contributed by atoms with van der Waals surface area (Å²) in [6.45, 7) is 4.41. The van der Waals surface area contributed by atoms with Gasteiger partial charge in [0.2, 0.25) is 0 Å². The zero-order valence-electron chi connectivity index (χ0n) is 12.1. The van der Waals surface area contributed by atoms with Crippen LogP contribution in [0.5, 0.6) is 0 Å². The molecule has 0 amide bonds. The van der Waals surface area contributed by atoms with E-state index in [2.05, 4.69) is 21.9 Å². The van der Waals surface area contributed by atoms with Gasteiger partial charge in [-0.25, -0.2) is 8.42 Å². The molecule has 21 heavy (non-hydrogen) atoms. The molecule has 2 fully saturated rings. The smallest absolute Gasteiger partial charge is 0.154 e. The lowest BCUT2D eigenvalue weighted by atomic mass is 10.1. The number of rotatable bonds is 3. The van der Waals surface area contributed by atoms with Gasteiger partial charge in [-0.1, -0.05) is 30.3 Å². The molecular weight excluding hydrogens is 288 g/mol. The van der Waals surface area contributed by atoms with E-state index in [0.29, 0.717) is 0 Å². The summed E-state index contributed by atoms with van der Waals surface area (Å²) >= 11 is 0. The van der Waals surface area contributed by atoms with Crippen LogP contribution in [0.4, 0.5) is 0 Å². The second kappa shape index (κ2) is 6.04. The number of hydrogen-bond acceptors (Lipinski definition) is 5. The van der Waals surface area contributed by atoms with Gasteiger partial charge in [-0.05, 0) is 5.56 Å². The summed E-state index contributed by atoms with van der Waals surface area (Å²) in [5.41, 5.74) is 1.30. The van der Waals surface area contributed by atoms with Crippen molar-refractivity contribution in [1.29, 1.82) is 0 Å². The fourth-order valence-corrected chi connectivity index (χ4v) is 5.09. The van der Waals surface area contributed by atoms with E-state index in [1.54, 1.807) is 0 Å². The molecule has 0 radical (unpaired) electrons. The van der Waals surface area contributed by atoms with Gasteiger partial charge in [-0.3, -0.25) is 9.80 Å². The van der Waals surface area contributed by atoms with Crippen molar-refractivity contribution < 1.29 is 13.5 Å². The molecule has 2 atom stereocenters. The Morgan fingerprint density at radius 2 is 1.71 bits per heavy atom. The monoisotopic (exact) mass is 310 g/mol. The van der Waals surface area contributed by atoms with E-state index in [1.165, 1.54) is 5.56 Å². The third-order valence-electron chi connectivity index (χ3n) is 4.42. The first-order valence-electron chi connectivity index (χ1n) is 7.42. The lowest BCUT2D eigenvalue weighted by molar-refractivity contribution is 0.0424. The molecule has 6 heteroatoms. The van der Waals surface area contributed by atoms with Crippen LogP contribution in [-0.4, -0.2) is 73.2 Å². The third-order valence-corrected chi connectivity index (χ3v) is 6.12. The maximum absolute atomic E-state index is 11.6. The molecule has 1 N–H and O–H groups in total. The number of aliphatic hydroxyl groups excluding tert-OH is 1. The third kappa shape index (κ3) is 3.63. The molecule has 0 saturated carbocycles. The first-order chi connectivity index (χ1) is 10.0. The van der Waals surface area contributed by atoms with E-state index in [-0.39, 0.29) is 17.5 Å². The molecule has 2 aliphatic rings. The number of aliphatic hydroxyl groups is 1. The molecule has 2 aliphatic heterocycles. The van der Waals surface area contributed by atoms with Gasteiger partial charge in [0.05, 0.1) is 23.7 Å². The molecule has 5 nitrogen and oxygen atoms in total. The van der Waals surface area contributed by atoms with Gasteiger partial charge in [-0.2, -0.15) is 0 Å². The molecule has 1 aromatic carbocycles. The molecular formula is C15H22N2O3S. The Kier molecular flexibility index (Phi) is 4.31. The predicted molar refractivity (Wildman–Crippen MR) is 81.7 cm³/mol. The van der Waals surface area contributed by atoms with Crippen molar-refractivity contribution in [3.05, 3.63) is 35.9 Å². The highest BCUT2D eigenvalue weighted by Crippen LogP contribution is 2.20. The second-order valence-electron chi connectivity index (χ2n) is 6.01. The summed E-state index contributed by atoms with van der Waals surface area (Å²) in [7, 11) is -3.06. The Morgan fingerprint density at radius 1 is 1.05 bits per heavy atom. The first-order valence-corrected chi connectivity index (χ1v) is 9.24. The van der Waals surface area contributed by atoms with Crippen molar-refractivity contribution in [2.24, 2.45) is 0 Å². The van der Waals surface area contributed by atoms with E-state index in [4.69, 9.17) is 0 Å². The molecule has 1 aromatic rings. The highest BCUT2D eigenvalue weighted by Gasteiger charge is 2.40. The zero-order chi connectivity index (χ0) is 14.9. The van der Waals surface area contributed by atoms with Gasteiger partial charge in [0.1, 0.15) is 0 Å². The summed E-state index contributed by atoms with van der Waals surface area (Å²) in [4.78, 5) is 4.51. The zero-order valence-corrected chi connectivity index (χ0v) is 12.9. The topological polar surface area (TPSA) is 60.9 Å². The number of benzene rings is 1. The average Bonchev–Trinajstić information content (AvgIpc) is 2.74. The van der Waals surface area contributed by atoms with Crippen molar-refractivity contribution in [3.63, 3.8) is 0 Å². The Labute approximate surface area is 126 Å². The lowest BCUT2D eigenvalue weighted by Gasteiger charge is -2.38. The van der Waals surface area contributed by atoms with Crippen LogP contribution >= 0.6 is 0 Å². The summed E-state index contributed by atoms with van der Waals surface area (Å²) in [5, 5.41) is 9.94. The molecule has 2 saturated heterocycles. The molecule has 0 bridgehead atoms. The van der Waals surface area contributed by atoms with Crippen LogP contribution in [0.1, 0.15) is 5.56 Å². The van der Waals surface area contributed by atoms with Gasteiger partial charge in [0.15, 0.2) is 9.84 Å². The SMILES string of the molecule is O=S1(=O)CC(O)C(N2CCN(Cc3ccccc3)CC2)C1. The second-order valence-corrected chi connectivity index (χ2v) is 8.16. The van der Waals surface area contributed by atoms with Gasteiger partial charge >= 0.3 is 0 Å². The van der Waals surface area contributed by atoms with E-state index < -0.39 is 15.9 Å². The highest BCUT2D eigenvalue weighted by molar-refractivity contribution is 7.91. The van der Waals surface area contributed by atoms with Crippen molar-refractivity contribution >= 4 is 9.84 Å². The van der Waals surface area contributed by atoms with Gasteiger partial charge in [0, 0.05) is 32.7 Å². The molecule has 2 unspecified atom stereocenters. The summed E-state index contributed by atoms with van der Waals surface area (Å²) in [6, 6.07) is 10.1. The Hall–Kier alpha value is -0.950. The maximum Gasteiger partial charge on any atom is 0.154 e. The molecule has 0 spiro atoms. The number of sulfone groups is 1. The first kappa shape index (κ1) is 15.0. The van der Waals surface area contributed by atoms with E-state index in [0.717, 1.165) is 32.7 Å². The van der Waals surface area contributed by atoms with Crippen molar-refractivity contribution in [1.82, 2.24) is 9.80 Å². The summed E-state index contributed by atoms with van der Waals surface area (Å²) in [5.74, 6) is 0.0226. The Bertz CT molecular complexity index is 568. The minimum absolute atomic E-state index is 0.0815. The van der Waals surface area contributed by atoms with Crippen LogP contribution in [0, 0.1) is 0 Å². The molecule has 2 heterocycles. The lowest BCUT2D eigenvalue weighted by Crippen LogP contribution is -2.53. The van der Waals surface area contributed by atoms with Crippen molar-refractivity contribution in [2.75, 3.05) is 37.7 Å². The van der Waals surface area contributed by atoms with Gasteiger partial charge in [0.25, 0.3) is 0 Å². The largest absolute Gasteiger partial charge is 0.390 e. The van der Waals surface area contributed by atoms with Crippen LogP contribution < -0.4 is 0 Å². The fraction of sp³-hybridized carbons (Fsp3) is 0.600. The Morgan fingerprint density at radius 3 is 2.29 bits per heavy atom. The van der Waals surface area contributed by atoms with Gasteiger partial charge in [-0.15, -0.1) is 0 Å². The standard InChI is InChI=1S/C15H22N2O3S/c18-15-12-21(19,20)11-14(15)17-8-6-16(7-9-17)10-13-4-2-1-3-5-13/h1-5,14-15,18H,6-12H2. The van der Waals surface area contributed by atoms with Crippen LogP contribution in [0.2, 0.25) is 0 Å². The van der Waals surface area contributed by atoms with E-state index in [9.17, 15) is 13.5 Å². The fourth-order valence-electron chi connectivity index (χ4n) is 3.25. The number of nitrogens with zero attached hydrogens (tertiary/aromatic N) is 2.